The van der Waals surface area contributed by atoms with Gasteiger partial charge in [-0.1, -0.05) is 36.8 Å². The summed E-state index contributed by atoms with van der Waals surface area (Å²) in [5.41, 5.74) is 11.0. The van der Waals surface area contributed by atoms with E-state index in [1.165, 1.54) is 24.8 Å². The van der Waals surface area contributed by atoms with Crippen molar-refractivity contribution in [2.24, 2.45) is 0 Å². The van der Waals surface area contributed by atoms with E-state index in [0.717, 1.165) is 47.8 Å². The summed E-state index contributed by atoms with van der Waals surface area (Å²) < 4.78 is 14.2. The van der Waals surface area contributed by atoms with Gasteiger partial charge in [-0.15, -0.1) is 0 Å². The molecule has 4 bridgehead atoms. The lowest BCUT2D eigenvalue weighted by Crippen LogP contribution is -2.34. The second kappa shape index (κ2) is 10.2. The van der Waals surface area contributed by atoms with Crippen molar-refractivity contribution in [3.05, 3.63) is 77.1 Å². The lowest BCUT2D eigenvalue weighted by Gasteiger charge is -2.26. The van der Waals surface area contributed by atoms with E-state index in [1.807, 2.05) is 6.92 Å². The van der Waals surface area contributed by atoms with Crippen LogP contribution in [0.25, 0.3) is 11.2 Å². The topological polar surface area (TPSA) is 100 Å². The van der Waals surface area contributed by atoms with Crippen LogP contribution in [0.2, 0.25) is 0 Å². The maximum Gasteiger partial charge on any atom is 0.320 e. The fraction of sp³-hybridized carbons (Fsp3) is 0.345. The van der Waals surface area contributed by atoms with Gasteiger partial charge in [0.1, 0.15) is 17.3 Å². The van der Waals surface area contributed by atoms with Crippen molar-refractivity contribution in [3.8, 4) is 17.5 Å². The van der Waals surface area contributed by atoms with Gasteiger partial charge in [0.25, 0.3) is 0 Å². The van der Waals surface area contributed by atoms with E-state index in [9.17, 15) is 0 Å². The van der Waals surface area contributed by atoms with Crippen LogP contribution in [-0.4, -0.2) is 32.2 Å². The Hall–Kier alpha value is -3.91. The molecule has 0 saturated heterocycles. The number of nitrogens with two attached hydrogens (primary N) is 1. The molecule has 190 valence electrons. The summed E-state index contributed by atoms with van der Waals surface area (Å²) in [5, 5.41) is 3.61. The zero-order valence-electron chi connectivity index (χ0n) is 21.1. The van der Waals surface area contributed by atoms with Gasteiger partial charge >= 0.3 is 6.01 Å². The molecular weight excluding hydrogens is 464 g/mol. The predicted molar refractivity (Wildman–Crippen MR) is 144 cm³/mol. The number of rotatable bonds is 5. The van der Waals surface area contributed by atoms with Crippen LogP contribution in [0.4, 0.5) is 5.82 Å². The van der Waals surface area contributed by atoms with Gasteiger partial charge in [-0.3, -0.25) is 0 Å². The van der Waals surface area contributed by atoms with E-state index >= 15 is 0 Å². The summed E-state index contributed by atoms with van der Waals surface area (Å²) in [7, 11) is 0. The number of hydrogen-bond acceptors (Lipinski definition) is 7. The van der Waals surface area contributed by atoms with Crippen LogP contribution in [0.15, 0.2) is 54.6 Å². The van der Waals surface area contributed by atoms with Crippen LogP contribution >= 0.6 is 0 Å². The highest BCUT2D eigenvalue weighted by Crippen LogP contribution is 2.29. The van der Waals surface area contributed by atoms with E-state index in [4.69, 9.17) is 15.2 Å². The SMILES string of the molecule is Cc1nc2c(N)nc3nc2n1Cc1ccc(Oc2ccc(CNC4CCC4)cc2)c(c1)C/C=C\CCO3. The number of allylic oxidation sites excluding steroid dienone is 1. The number of aromatic nitrogens is 4. The molecule has 1 fully saturated rings. The monoisotopic (exact) mass is 496 g/mol. The number of fused-ring (bicyclic) bond motifs is 3. The molecule has 1 aliphatic heterocycles. The quantitative estimate of drug-likeness (QED) is 0.372. The van der Waals surface area contributed by atoms with E-state index < -0.39 is 0 Å². The third-order valence-corrected chi connectivity index (χ3v) is 7.13. The van der Waals surface area contributed by atoms with E-state index in [2.05, 4.69) is 79.5 Å². The van der Waals surface area contributed by atoms with Crippen LogP contribution in [-0.2, 0) is 19.5 Å². The molecule has 8 heteroatoms. The number of ether oxygens (including phenoxy) is 2. The smallest absolute Gasteiger partial charge is 0.320 e. The maximum absolute atomic E-state index is 6.35. The Morgan fingerprint density at radius 3 is 2.76 bits per heavy atom. The Morgan fingerprint density at radius 2 is 1.95 bits per heavy atom. The summed E-state index contributed by atoms with van der Waals surface area (Å²) >= 11 is 0. The molecule has 8 nitrogen and oxygen atoms in total. The van der Waals surface area contributed by atoms with Crippen molar-refractivity contribution >= 4 is 17.0 Å². The molecule has 4 aromatic rings. The highest BCUT2D eigenvalue weighted by molar-refractivity contribution is 5.82. The molecule has 0 atom stereocenters. The summed E-state index contributed by atoms with van der Waals surface area (Å²) in [6, 6.07) is 15.7. The lowest BCUT2D eigenvalue weighted by atomic mass is 9.93. The summed E-state index contributed by atoms with van der Waals surface area (Å²) in [6.45, 7) is 3.94. The van der Waals surface area contributed by atoms with Gasteiger partial charge in [-0.05, 0) is 73.6 Å². The Labute approximate surface area is 216 Å². The number of nitrogen functional groups attached to an aromatic ring is 1. The van der Waals surface area contributed by atoms with E-state index in [-0.39, 0.29) is 6.01 Å². The summed E-state index contributed by atoms with van der Waals surface area (Å²) in [4.78, 5) is 13.5. The van der Waals surface area contributed by atoms with E-state index in [1.54, 1.807) is 0 Å². The van der Waals surface area contributed by atoms with Gasteiger partial charge in [0.15, 0.2) is 17.0 Å². The Kier molecular flexibility index (Phi) is 6.49. The van der Waals surface area contributed by atoms with Gasteiger partial charge < -0.3 is 25.1 Å². The highest BCUT2D eigenvalue weighted by atomic mass is 16.5. The van der Waals surface area contributed by atoms with Crippen molar-refractivity contribution < 1.29 is 9.47 Å². The Morgan fingerprint density at radius 1 is 1.08 bits per heavy atom. The molecule has 2 aromatic heterocycles. The number of hydrogen-bond donors (Lipinski definition) is 2. The molecule has 6 rings (SSSR count). The van der Waals surface area contributed by atoms with Crippen LogP contribution in [0, 0.1) is 6.92 Å². The average molecular weight is 497 g/mol. The largest absolute Gasteiger partial charge is 0.463 e. The summed E-state index contributed by atoms with van der Waals surface area (Å²) in [5.74, 6) is 2.86. The molecule has 37 heavy (non-hydrogen) atoms. The zero-order valence-corrected chi connectivity index (χ0v) is 21.1. The van der Waals surface area contributed by atoms with Crippen molar-refractivity contribution in [2.45, 2.75) is 58.2 Å². The minimum absolute atomic E-state index is 0.283. The number of benzene rings is 2. The van der Waals surface area contributed by atoms with E-state index in [0.29, 0.717) is 36.2 Å². The first kappa shape index (κ1) is 23.5. The standard InChI is InChI=1S/C29H32N6O2/c1-19-32-26-27(30)33-29-34-28(26)35(19)18-21-11-14-25(22(16-21)6-3-2-4-15-36-29)37-24-12-9-20(10-13-24)17-31-23-7-5-8-23/h2-3,9-14,16,23,31H,4-8,15,17-18H2,1H3,(H2,30,33,34)/b3-2-. The van der Waals surface area contributed by atoms with Crippen LogP contribution < -0.4 is 20.5 Å². The molecule has 0 unspecified atom stereocenters. The molecule has 2 aromatic carbocycles. The lowest BCUT2D eigenvalue weighted by molar-refractivity contribution is 0.300. The minimum Gasteiger partial charge on any atom is -0.463 e. The minimum atomic E-state index is 0.283. The highest BCUT2D eigenvalue weighted by Gasteiger charge is 2.17. The number of anilines is 1. The molecule has 0 spiro atoms. The maximum atomic E-state index is 6.35. The van der Waals surface area contributed by atoms with Crippen molar-refractivity contribution in [1.29, 1.82) is 0 Å². The predicted octanol–water partition coefficient (Wildman–Crippen LogP) is 5.08. The van der Waals surface area contributed by atoms with Gasteiger partial charge in [-0.25, -0.2) is 4.98 Å². The van der Waals surface area contributed by atoms with Gasteiger partial charge in [0, 0.05) is 12.6 Å². The number of nitrogens with zero attached hydrogens (tertiary/aromatic N) is 4. The Balaban J connectivity index is 1.26. The van der Waals surface area contributed by atoms with Gasteiger partial charge in [0.05, 0.1) is 13.2 Å². The first-order valence-corrected chi connectivity index (χ1v) is 13.0. The first-order valence-electron chi connectivity index (χ1n) is 13.0. The molecule has 3 heterocycles. The van der Waals surface area contributed by atoms with Crippen molar-refractivity contribution in [3.63, 3.8) is 0 Å². The third kappa shape index (κ3) is 5.15. The summed E-state index contributed by atoms with van der Waals surface area (Å²) in [6.07, 6.45) is 9.70. The fourth-order valence-corrected chi connectivity index (χ4v) is 4.76. The third-order valence-electron chi connectivity index (χ3n) is 7.13. The molecule has 1 aliphatic carbocycles. The molecule has 0 radical (unpaired) electrons. The Bertz CT molecular complexity index is 1440. The normalized spacial score (nSPS) is 16.7. The molecular formula is C29H32N6O2. The number of aryl methyl sites for hydroxylation is 1. The van der Waals surface area contributed by atoms with Gasteiger partial charge in [-0.2, -0.15) is 9.97 Å². The molecule has 1 saturated carbocycles. The van der Waals surface area contributed by atoms with Crippen molar-refractivity contribution in [1.82, 2.24) is 24.8 Å². The fourth-order valence-electron chi connectivity index (χ4n) is 4.76. The van der Waals surface area contributed by atoms with Crippen LogP contribution in [0.5, 0.6) is 17.5 Å². The van der Waals surface area contributed by atoms with Crippen LogP contribution in [0.1, 0.15) is 48.2 Å². The molecule has 3 N–H and O–H groups in total. The van der Waals surface area contributed by atoms with Crippen molar-refractivity contribution in [2.75, 3.05) is 12.3 Å². The number of imidazole rings is 1. The molecule has 2 aliphatic rings. The van der Waals surface area contributed by atoms with Crippen LogP contribution in [0.3, 0.4) is 0 Å². The van der Waals surface area contributed by atoms with Gasteiger partial charge in [0.2, 0.25) is 0 Å². The molecule has 0 amide bonds. The second-order valence-corrected chi connectivity index (χ2v) is 9.82. The first-order chi connectivity index (χ1) is 18.1. The number of nitrogens with one attached hydrogen (secondary N) is 1. The second-order valence-electron chi connectivity index (χ2n) is 9.82. The average Bonchev–Trinajstić information content (AvgIpc) is 3.18. The zero-order chi connectivity index (χ0) is 25.2.